The molecule has 0 aromatic heterocycles. The first-order chi connectivity index (χ1) is 7.69. The van der Waals surface area contributed by atoms with Crippen LogP contribution in [0.1, 0.15) is 25.5 Å². The van der Waals surface area contributed by atoms with Gasteiger partial charge in [-0.1, -0.05) is 5.92 Å². The van der Waals surface area contributed by atoms with Crippen LogP contribution in [0.5, 0.6) is 11.5 Å². The summed E-state index contributed by atoms with van der Waals surface area (Å²) in [6.07, 6.45) is -0.574. The normalized spacial score (nSPS) is 11.2. The number of methoxy groups -OCH3 is 1. The van der Waals surface area contributed by atoms with Gasteiger partial charge < -0.3 is 14.6 Å². The van der Waals surface area contributed by atoms with Crippen LogP contribution in [0.4, 0.5) is 0 Å². The standard InChI is InChI=1S/C13H16O3/c1-4-5-8-16-13-9-11(15-3)6-7-12(13)10(2)14/h6-7,9-10,14H,8H2,1-3H3/t10-/m0/s1. The Morgan fingerprint density at radius 2 is 2.19 bits per heavy atom. The zero-order valence-corrected chi connectivity index (χ0v) is 9.78. The minimum absolute atomic E-state index is 0.309. The van der Waals surface area contributed by atoms with E-state index in [2.05, 4.69) is 11.8 Å². The molecule has 0 radical (unpaired) electrons. The van der Waals surface area contributed by atoms with Gasteiger partial charge in [0.25, 0.3) is 0 Å². The van der Waals surface area contributed by atoms with Crippen LogP contribution in [0.15, 0.2) is 18.2 Å². The van der Waals surface area contributed by atoms with Crippen molar-refractivity contribution >= 4 is 0 Å². The predicted octanol–water partition coefficient (Wildman–Crippen LogP) is 2.15. The molecule has 0 aliphatic rings. The van der Waals surface area contributed by atoms with Crippen LogP contribution in [0.2, 0.25) is 0 Å². The van der Waals surface area contributed by atoms with Gasteiger partial charge in [-0.15, -0.1) is 5.92 Å². The number of rotatable bonds is 4. The third-order valence-electron chi connectivity index (χ3n) is 2.15. The van der Waals surface area contributed by atoms with Crippen LogP contribution in [-0.2, 0) is 0 Å². The number of benzene rings is 1. The third-order valence-corrected chi connectivity index (χ3v) is 2.15. The van der Waals surface area contributed by atoms with Gasteiger partial charge in [-0.25, -0.2) is 0 Å². The molecule has 0 saturated heterocycles. The molecule has 1 atom stereocenters. The molecule has 0 fully saturated rings. The first kappa shape index (κ1) is 12.4. The van der Waals surface area contributed by atoms with E-state index in [1.807, 2.05) is 0 Å². The number of aliphatic hydroxyl groups excluding tert-OH is 1. The molecule has 1 rings (SSSR count). The first-order valence-electron chi connectivity index (χ1n) is 5.07. The lowest BCUT2D eigenvalue weighted by atomic mass is 10.1. The van der Waals surface area contributed by atoms with Crippen LogP contribution in [0.3, 0.4) is 0 Å². The van der Waals surface area contributed by atoms with E-state index in [1.165, 1.54) is 0 Å². The van der Waals surface area contributed by atoms with Gasteiger partial charge in [0, 0.05) is 11.6 Å². The fraction of sp³-hybridized carbons (Fsp3) is 0.385. The molecule has 0 aliphatic carbocycles. The van der Waals surface area contributed by atoms with Crippen LogP contribution in [-0.4, -0.2) is 18.8 Å². The highest BCUT2D eigenvalue weighted by Gasteiger charge is 2.10. The van der Waals surface area contributed by atoms with Crippen molar-refractivity contribution in [3.8, 4) is 23.3 Å². The van der Waals surface area contributed by atoms with Crippen molar-refractivity contribution in [3.05, 3.63) is 23.8 Å². The first-order valence-corrected chi connectivity index (χ1v) is 5.07. The van der Waals surface area contributed by atoms with Gasteiger partial charge in [-0.3, -0.25) is 0 Å². The minimum atomic E-state index is -0.574. The largest absolute Gasteiger partial charge is 0.497 e. The van der Waals surface area contributed by atoms with E-state index < -0.39 is 6.10 Å². The van der Waals surface area contributed by atoms with E-state index >= 15 is 0 Å². The van der Waals surface area contributed by atoms with E-state index in [-0.39, 0.29) is 0 Å². The molecule has 0 bridgehead atoms. The summed E-state index contributed by atoms with van der Waals surface area (Å²) < 4.78 is 10.6. The SMILES string of the molecule is CC#CCOc1cc(OC)ccc1[C@H](C)O. The lowest BCUT2D eigenvalue weighted by Gasteiger charge is -2.13. The summed E-state index contributed by atoms with van der Waals surface area (Å²) in [6.45, 7) is 3.76. The zero-order valence-electron chi connectivity index (χ0n) is 9.78. The molecule has 86 valence electrons. The minimum Gasteiger partial charge on any atom is -0.497 e. The highest BCUT2D eigenvalue weighted by atomic mass is 16.5. The van der Waals surface area contributed by atoms with E-state index in [1.54, 1.807) is 39.2 Å². The van der Waals surface area contributed by atoms with E-state index in [4.69, 9.17) is 9.47 Å². The number of hydrogen-bond acceptors (Lipinski definition) is 3. The molecule has 0 amide bonds. The summed E-state index contributed by atoms with van der Waals surface area (Å²) in [5, 5.41) is 9.57. The Morgan fingerprint density at radius 3 is 2.75 bits per heavy atom. The average molecular weight is 220 g/mol. The molecule has 16 heavy (non-hydrogen) atoms. The van der Waals surface area contributed by atoms with Gasteiger partial charge in [-0.05, 0) is 26.0 Å². The highest BCUT2D eigenvalue weighted by Crippen LogP contribution is 2.29. The molecule has 0 aliphatic heterocycles. The second kappa shape index (κ2) is 6.04. The second-order valence-electron chi connectivity index (χ2n) is 3.30. The Bertz CT molecular complexity index is 399. The molecule has 1 N–H and O–H groups in total. The summed E-state index contributed by atoms with van der Waals surface area (Å²) in [5.41, 5.74) is 0.735. The van der Waals surface area contributed by atoms with Crippen LogP contribution < -0.4 is 9.47 Å². The average Bonchev–Trinajstić information content (AvgIpc) is 2.29. The second-order valence-corrected chi connectivity index (χ2v) is 3.30. The summed E-state index contributed by atoms with van der Waals surface area (Å²) in [6, 6.07) is 5.33. The molecule has 3 nitrogen and oxygen atoms in total. The van der Waals surface area contributed by atoms with E-state index in [0.717, 1.165) is 5.56 Å². The Hall–Kier alpha value is -1.66. The summed E-state index contributed by atoms with van der Waals surface area (Å²) >= 11 is 0. The van der Waals surface area contributed by atoms with Crippen molar-refractivity contribution in [1.29, 1.82) is 0 Å². The van der Waals surface area contributed by atoms with Crippen molar-refractivity contribution in [1.82, 2.24) is 0 Å². The molecule has 0 saturated carbocycles. The van der Waals surface area contributed by atoms with E-state index in [0.29, 0.717) is 18.1 Å². The number of ether oxygens (including phenoxy) is 2. The Labute approximate surface area is 96.0 Å². The zero-order chi connectivity index (χ0) is 12.0. The highest BCUT2D eigenvalue weighted by molar-refractivity contribution is 5.42. The lowest BCUT2D eigenvalue weighted by Crippen LogP contribution is -2.01. The Kier molecular flexibility index (Phi) is 4.68. The third kappa shape index (κ3) is 3.18. The topological polar surface area (TPSA) is 38.7 Å². The van der Waals surface area contributed by atoms with Gasteiger partial charge in [-0.2, -0.15) is 0 Å². The van der Waals surface area contributed by atoms with Gasteiger partial charge in [0.05, 0.1) is 13.2 Å². The maximum absolute atomic E-state index is 9.57. The quantitative estimate of drug-likeness (QED) is 0.790. The van der Waals surface area contributed by atoms with Crippen molar-refractivity contribution in [2.45, 2.75) is 20.0 Å². The molecule has 1 aromatic carbocycles. The number of hydrogen-bond donors (Lipinski definition) is 1. The molecule has 3 heteroatoms. The molecular weight excluding hydrogens is 204 g/mol. The summed E-state index contributed by atoms with van der Waals surface area (Å²) in [4.78, 5) is 0. The van der Waals surface area contributed by atoms with Crippen LogP contribution in [0.25, 0.3) is 0 Å². The van der Waals surface area contributed by atoms with Crippen molar-refractivity contribution in [2.75, 3.05) is 13.7 Å². The van der Waals surface area contributed by atoms with Crippen molar-refractivity contribution in [2.24, 2.45) is 0 Å². The number of aliphatic hydroxyl groups is 1. The monoisotopic (exact) mass is 220 g/mol. The molecule has 0 unspecified atom stereocenters. The van der Waals surface area contributed by atoms with Crippen LogP contribution in [0, 0.1) is 11.8 Å². The molecule has 0 heterocycles. The van der Waals surface area contributed by atoms with Gasteiger partial charge >= 0.3 is 0 Å². The molecule has 1 aromatic rings. The predicted molar refractivity (Wildman–Crippen MR) is 62.6 cm³/mol. The molecule has 0 spiro atoms. The van der Waals surface area contributed by atoms with Gasteiger partial charge in [0.15, 0.2) is 0 Å². The van der Waals surface area contributed by atoms with Crippen LogP contribution >= 0.6 is 0 Å². The van der Waals surface area contributed by atoms with Crippen molar-refractivity contribution < 1.29 is 14.6 Å². The van der Waals surface area contributed by atoms with E-state index in [9.17, 15) is 5.11 Å². The maximum atomic E-state index is 9.57. The summed E-state index contributed by atoms with van der Waals surface area (Å²) in [5.74, 6) is 6.86. The van der Waals surface area contributed by atoms with Crippen molar-refractivity contribution in [3.63, 3.8) is 0 Å². The lowest BCUT2D eigenvalue weighted by molar-refractivity contribution is 0.193. The summed E-state index contributed by atoms with van der Waals surface area (Å²) in [7, 11) is 1.59. The molecular formula is C13H16O3. The van der Waals surface area contributed by atoms with Gasteiger partial charge in [0.2, 0.25) is 0 Å². The fourth-order valence-electron chi connectivity index (χ4n) is 1.30. The smallest absolute Gasteiger partial charge is 0.149 e. The maximum Gasteiger partial charge on any atom is 0.149 e. The fourth-order valence-corrected chi connectivity index (χ4v) is 1.30. The van der Waals surface area contributed by atoms with Gasteiger partial charge in [0.1, 0.15) is 18.1 Å². The Balaban J connectivity index is 2.94. The Morgan fingerprint density at radius 1 is 1.44 bits per heavy atom.